The summed E-state index contributed by atoms with van der Waals surface area (Å²) in [6.45, 7) is 0. The van der Waals surface area contributed by atoms with E-state index < -0.39 is 0 Å². The quantitative estimate of drug-likeness (QED) is 0.409. The first-order chi connectivity index (χ1) is 10.6. The zero-order chi connectivity index (χ0) is 15.9. The number of nitrogens with one attached hydrogen (secondary N) is 1. The number of carbonyl (C=O) groups is 1. The molecule has 0 aliphatic rings. The smallest absolute Gasteiger partial charge is 0.244 e. The second-order valence-corrected chi connectivity index (χ2v) is 6.57. The van der Waals surface area contributed by atoms with E-state index >= 15 is 0 Å². The Hall–Kier alpha value is -1.41. The van der Waals surface area contributed by atoms with Crippen LogP contribution in [0.3, 0.4) is 0 Å². The second-order valence-electron chi connectivity index (χ2n) is 4.49. The average Bonchev–Trinajstić information content (AvgIpc) is 2.50. The van der Waals surface area contributed by atoms with Crippen molar-refractivity contribution in [3.8, 4) is 5.75 Å². The fourth-order valence-corrected chi connectivity index (χ4v) is 2.79. The third-order valence-electron chi connectivity index (χ3n) is 2.86. The SMILES string of the molecule is COc1ccc(C=NNC(=O)Cc2ccc(Br)cc2)cc1I. The van der Waals surface area contributed by atoms with Gasteiger partial charge in [0.1, 0.15) is 5.75 Å². The molecule has 2 rings (SSSR count). The molecule has 22 heavy (non-hydrogen) atoms. The topological polar surface area (TPSA) is 50.7 Å². The number of hydrogen-bond donors (Lipinski definition) is 1. The van der Waals surface area contributed by atoms with Gasteiger partial charge in [-0.2, -0.15) is 5.10 Å². The van der Waals surface area contributed by atoms with Gasteiger partial charge in [0.25, 0.3) is 0 Å². The fourth-order valence-electron chi connectivity index (χ4n) is 1.77. The first kappa shape index (κ1) is 17.0. The van der Waals surface area contributed by atoms with Gasteiger partial charge in [0.15, 0.2) is 0 Å². The summed E-state index contributed by atoms with van der Waals surface area (Å²) >= 11 is 5.55. The van der Waals surface area contributed by atoms with E-state index in [0.717, 1.165) is 24.9 Å². The highest BCUT2D eigenvalue weighted by Crippen LogP contribution is 2.20. The Balaban J connectivity index is 1.90. The summed E-state index contributed by atoms with van der Waals surface area (Å²) in [6, 6.07) is 13.3. The second kappa shape index (κ2) is 8.28. The predicted molar refractivity (Wildman–Crippen MR) is 99.3 cm³/mol. The fraction of sp³-hybridized carbons (Fsp3) is 0.125. The Bertz CT molecular complexity index is 687. The summed E-state index contributed by atoms with van der Waals surface area (Å²) < 4.78 is 7.17. The predicted octanol–water partition coefficient (Wildman–Crippen LogP) is 3.76. The number of nitrogens with zero attached hydrogens (tertiary/aromatic N) is 1. The third-order valence-corrected chi connectivity index (χ3v) is 4.23. The highest BCUT2D eigenvalue weighted by atomic mass is 127. The zero-order valence-corrected chi connectivity index (χ0v) is 15.6. The van der Waals surface area contributed by atoms with Crippen LogP contribution >= 0.6 is 38.5 Å². The maximum absolute atomic E-state index is 11.8. The summed E-state index contributed by atoms with van der Waals surface area (Å²) in [5.74, 6) is 0.666. The van der Waals surface area contributed by atoms with Crippen molar-refractivity contribution < 1.29 is 9.53 Å². The molecule has 2 aromatic rings. The van der Waals surface area contributed by atoms with Crippen molar-refractivity contribution >= 4 is 50.6 Å². The molecule has 0 saturated heterocycles. The monoisotopic (exact) mass is 472 g/mol. The van der Waals surface area contributed by atoms with E-state index in [-0.39, 0.29) is 5.91 Å². The van der Waals surface area contributed by atoms with Gasteiger partial charge in [-0.1, -0.05) is 28.1 Å². The molecular weight excluding hydrogens is 459 g/mol. The van der Waals surface area contributed by atoms with Crippen molar-refractivity contribution in [3.63, 3.8) is 0 Å². The van der Waals surface area contributed by atoms with Crippen LogP contribution in [0, 0.1) is 3.57 Å². The van der Waals surface area contributed by atoms with E-state index in [0.29, 0.717) is 6.42 Å². The van der Waals surface area contributed by atoms with Crippen LogP contribution in [-0.2, 0) is 11.2 Å². The number of carbonyl (C=O) groups excluding carboxylic acids is 1. The van der Waals surface area contributed by atoms with E-state index in [1.54, 1.807) is 13.3 Å². The summed E-state index contributed by atoms with van der Waals surface area (Å²) in [4.78, 5) is 11.8. The van der Waals surface area contributed by atoms with E-state index in [9.17, 15) is 4.79 Å². The molecule has 0 bridgehead atoms. The van der Waals surface area contributed by atoms with E-state index in [1.165, 1.54) is 0 Å². The van der Waals surface area contributed by atoms with Crippen molar-refractivity contribution in [3.05, 3.63) is 61.6 Å². The summed E-state index contributed by atoms with van der Waals surface area (Å²) in [7, 11) is 1.63. The molecule has 6 heteroatoms. The largest absolute Gasteiger partial charge is 0.496 e. The molecule has 0 radical (unpaired) electrons. The molecule has 0 spiro atoms. The van der Waals surface area contributed by atoms with Crippen LogP contribution in [0.2, 0.25) is 0 Å². The molecule has 2 aromatic carbocycles. The number of ether oxygens (including phenoxy) is 1. The van der Waals surface area contributed by atoms with Crippen LogP contribution in [0.25, 0.3) is 0 Å². The molecular formula is C16H14BrIN2O2. The Morgan fingerprint density at radius 3 is 2.68 bits per heavy atom. The molecule has 0 aliphatic carbocycles. The standard InChI is InChI=1S/C16H14BrIN2O2/c1-22-15-7-4-12(8-14(15)18)10-19-20-16(21)9-11-2-5-13(17)6-3-11/h2-8,10H,9H2,1H3,(H,20,21). The Morgan fingerprint density at radius 2 is 2.05 bits per heavy atom. The van der Waals surface area contributed by atoms with E-state index in [2.05, 4.69) is 49.0 Å². The normalized spacial score (nSPS) is 10.7. The molecule has 0 atom stereocenters. The minimum Gasteiger partial charge on any atom is -0.496 e. The molecule has 0 saturated carbocycles. The van der Waals surface area contributed by atoms with Gasteiger partial charge in [-0.05, 0) is 64.0 Å². The number of rotatable bonds is 5. The van der Waals surface area contributed by atoms with Gasteiger partial charge in [0.2, 0.25) is 5.91 Å². The van der Waals surface area contributed by atoms with E-state index in [4.69, 9.17) is 4.74 Å². The molecule has 0 aliphatic heterocycles. The van der Waals surface area contributed by atoms with Gasteiger partial charge in [-0.3, -0.25) is 4.79 Å². The van der Waals surface area contributed by atoms with Crippen LogP contribution in [0.5, 0.6) is 5.75 Å². The zero-order valence-electron chi connectivity index (χ0n) is 11.8. The van der Waals surface area contributed by atoms with Crippen molar-refractivity contribution in [2.24, 2.45) is 5.10 Å². The van der Waals surface area contributed by atoms with Gasteiger partial charge in [0.05, 0.1) is 23.3 Å². The maximum Gasteiger partial charge on any atom is 0.244 e. The highest BCUT2D eigenvalue weighted by molar-refractivity contribution is 14.1. The van der Waals surface area contributed by atoms with Crippen LogP contribution in [-0.4, -0.2) is 19.2 Å². The van der Waals surface area contributed by atoms with Crippen molar-refractivity contribution in [1.29, 1.82) is 0 Å². The van der Waals surface area contributed by atoms with E-state index in [1.807, 2.05) is 42.5 Å². The first-order valence-electron chi connectivity index (χ1n) is 6.48. The Kier molecular flexibility index (Phi) is 6.38. The Morgan fingerprint density at radius 1 is 1.32 bits per heavy atom. The average molecular weight is 473 g/mol. The number of hydrogen-bond acceptors (Lipinski definition) is 3. The molecule has 4 nitrogen and oxygen atoms in total. The molecule has 0 fully saturated rings. The van der Waals surface area contributed by atoms with Crippen LogP contribution < -0.4 is 10.2 Å². The summed E-state index contributed by atoms with van der Waals surface area (Å²) in [6.07, 6.45) is 1.91. The molecule has 1 N–H and O–H groups in total. The van der Waals surface area contributed by atoms with Gasteiger partial charge in [-0.15, -0.1) is 0 Å². The number of amides is 1. The molecule has 0 heterocycles. The van der Waals surface area contributed by atoms with Gasteiger partial charge >= 0.3 is 0 Å². The Labute approximate surface area is 151 Å². The lowest BCUT2D eigenvalue weighted by molar-refractivity contribution is -0.120. The lowest BCUT2D eigenvalue weighted by atomic mass is 10.1. The van der Waals surface area contributed by atoms with Crippen LogP contribution in [0.4, 0.5) is 0 Å². The number of hydrazone groups is 1. The highest BCUT2D eigenvalue weighted by Gasteiger charge is 2.02. The summed E-state index contributed by atoms with van der Waals surface area (Å²) in [5.41, 5.74) is 4.36. The molecule has 1 amide bonds. The van der Waals surface area contributed by atoms with Crippen molar-refractivity contribution in [2.45, 2.75) is 6.42 Å². The van der Waals surface area contributed by atoms with Crippen molar-refractivity contribution in [1.82, 2.24) is 5.43 Å². The lowest BCUT2D eigenvalue weighted by Gasteiger charge is -2.03. The van der Waals surface area contributed by atoms with Gasteiger partial charge in [0, 0.05) is 4.47 Å². The van der Waals surface area contributed by atoms with Crippen LogP contribution in [0.15, 0.2) is 52.0 Å². The number of halogens is 2. The van der Waals surface area contributed by atoms with Crippen LogP contribution in [0.1, 0.15) is 11.1 Å². The third kappa shape index (κ3) is 5.10. The minimum absolute atomic E-state index is 0.151. The first-order valence-corrected chi connectivity index (χ1v) is 8.35. The molecule has 114 valence electrons. The number of methoxy groups -OCH3 is 1. The summed E-state index contributed by atoms with van der Waals surface area (Å²) in [5, 5.41) is 3.97. The lowest BCUT2D eigenvalue weighted by Crippen LogP contribution is -2.19. The maximum atomic E-state index is 11.8. The minimum atomic E-state index is -0.151. The number of benzene rings is 2. The molecule has 0 aromatic heterocycles. The van der Waals surface area contributed by atoms with Crippen molar-refractivity contribution in [2.75, 3.05) is 7.11 Å². The molecule has 0 unspecified atom stereocenters. The van der Waals surface area contributed by atoms with Gasteiger partial charge < -0.3 is 4.74 Å². The van der Waals surface area contributed by atoms with Gasteiger partial charge in [-0.25, -0.2) is 5.43 Å².